The molecule has 1 amide bonds. The fraction of sp³-hybridized carbons (Fsp3) is 0.190. The molecule has 3 rings (SSSR count). The first-order chi connectivity index (χ1) is 13.8. The lowest BCUT2D eigenvalue weighted by atomic mass is 10.2. The maximum absolute atomic E-state index is 12.7. The molecular weight excluding hydrogens is 408 g/mol. The van der Waals surface area contributed by atoms with Crippen LogP contribution in [0.15, 0.2) is 70.3 Å². The number of thiophene rings is 1. The molecule has 0 atom stereocenters. The molecule has 0 saturated heterocycles. The second-order valence-electron chi connectivity index (χ2n) is 6.77. The fourth-order valence-electron chi connectivity index (χ4n) is 2.49. The van der Waals surface area contributed by atoms with E-state index in [0.29, 0.717) is 35.2 Å². The highest BCUT2D eigenvalue weighted by molar-refractivity contribution is 7.94. The lowest BCUT2D eigenvalue weighted by Crippen LogP contribution is -2.15. The van der Waals surface area contributed by atoms with E-state index >= 15 is 0 Å². The Morgan fingerprint density at radius 2 is 1.86 bits per heavy atom. The SMILES string of the molecule is CC(C)COc1ccccc1NC(=O)c1cccc(NS(=O)(=O)c2cccs2)c1. The van der Waals surface area contributed by atoms with Gasteiger partial charge in [0.05, 0.1) is 12.3 Å². The van der Waals surface area contributed by atoms with Crippen molar-refractivity contribution in [2.45, 2.75) is 18.1 Å². The third kappa shape index (κ3) is 5.58. The molecule has 0 unspecified atom stereocenters. The summed E-state index contributed by atoms with van der Waals surface area (Å²) < 4.78 is 33.3. The lowest BCUT2D eigenvalue weighted by molar-refractivity contribution is 0.102. The number of carbonyl (C=O) groups excluding carboxylic acids is 1. The van der Waals surface area contributed by atoms with Crippen LogP contribution in [0.1, 0.15) is 24.2 Å². The Bertz CT molecular complexity index is 1080. The van der Waals surface area contributed by atoms with E-state index in [4.69, 9.17) is 4.74 Å². The van der Waals surface area contributed by atoms with Gasteiger partial charge in [0.1, 0.15) is 9.96 Å². The zero-order valence-electron chi connectivity index (χ0n) is 16.1. The van der Waals surface area contributed by atoms with Gasteiger partial charge in [0.15, 0.2) is 0 Å². The maximum atomic E-state index is 12.7. The molecule has 0 bridgehead atoms. The van der Waals surface area contributed by atoms with E-state index in [0.717, 1.165) is 11.3 Å². The summed E-state index contributed by atoms with van der Waals surface area (Å²) in [5.74, 6) is 0.582. The van der Waals surface area contributed by atoms with Crippen molar-refractivity contribution in [3.8, 4) is 5.75 Å². The molecule has 2 N–H and O–H groups in total. The third-order valence-corrected chi connectivity index (χ3v) is 6.62. The van der Waals surface area contributed by atoms with Gasteiger partial charge in [-0.2, -0.15) is 0 Å². The van der Waals surface area contributed by atoms with Crippen molar-refractivity contribution in [2.24, 2.45) is 5.92 Å². The van der Waals surface area contributed by atoms with Crippen molar-refractivity contribution in [3.05, 3.63) is 71.6 Å². The van der Waals surface area contributed by atoms with Gasteiger partial charge < -0.3 is 10.1 Å². The minimum Gasteiger partial charge on any atom is -0.491 e. The van der Waals surface area contributed by atoms with Crippen molar-refractivity contribution in [2.75, 3.05) is 16.6 Å². The summed E-state index contributed by atoms with van der Waals surface area (Å²) in [5.41, 5.74) is 1.20. The predicted molar refractivity (Wildman–Crippen MR) is 116 cm³/mol. The van der Waals surface area contributed by atoms with Crippen LogP contribution in [0.3, 0.4) is 0 Å². The predicted octanol–water partition coefficient (Wildman–Crippen LogP) is 4.84. The number of para-hydroxylation sites is 2. The zero-order valence-corrected chi connectivity index (χ0v) is 17.7. The molecule has 0 aliphatic heterocycles. The number of benzene rings is 2. The van der Waals surface area contributed by atoms with Crippen LogP contribution < -0.4 is 14.8 Å². The summed E-state index contributed by atoms with van der Waals surface area (Å²) in [6.45, 7) is 4.63. The number of nitrogens with one attached hydrogen (secondary N) is 2. The monoisotopic (exact) mass is 430 g/mol. The van der Waals surface area contributed by atoms with Crippen molar-refractivity contribution in [3.63, 3.8) is 0 Å². The van der Waals surface area contributed by atoms with Crippen LogP contribution in [0.4, 0.5) is 11.4 Å². The fourth-order valence-corrected chi connectivity index (χ4v) is 4.53. The Morgan fingerprint density at radius 1 is 1.07 bits per heavy atom. The molecule has 1 heterocycles. The normalized spacial score (nSPS) is 11.3. The van der Waals surface area contributed by atoms with E-state index in [-0.39, 0.29) is 10.1 Å². The molecule has 2 aromatic carbocycles. The quantitative estimate of drug-likeness (QED) is 0.536. The van der Waals surface area contributed by atoms with Crippen molar-refractivity contribution in [1.29, 1.82) is 0 Å². The number of carbonyl (C=O) groups is 1. The van der Waals surface area contributed by atoms with Crippen molar-refractivity contribution >= 4 is 38.6 Å². The van der Waals surface area contributed by atoms with Crippen LogP contribution in [0.25, 0.3) is 0 Å². The average Bonchev–Trinajstić information content (AvgIpc) is 3.23. The standard InChI is InChI=1S/C21H22N2O4S2/c1-15(2)14-27-19-10-4-3-9-18(19)22-21(24)16-7-5-8-17(13-16)23-29(25,26)20-11-6-12-28-20/h3-13,15,23H,14H2,1-2H3,(H,22,24). The number of amides is 1. The van der Waals surface area contributed by atoms with Crippen LogP contribution >= 0.6 is 11.3 Å². The van der Waals surface area contributed by atoms with Gasteiger partial charge in [0, 0.05) is 11.3 Å². The Labute approximate surface area is 174 Å². The minimum absolute atomic E-state index is 0.212. The van der Waals surface area contributed by atoms with Gasteiger partial charge in [-0.1, -0.05) is 38.1 Å². The third-order valence-electron chi connectivity index (χ3n) is 3.84. The van der Waals surface area contributed by atoms with E-state index in [9.17, 15) is 13.2 Å². The first-order valence-corrected chi connectivity index (χ1v) is 11.4. The van der Waals surface area contributed by atoms with Crippen LogP contribution in [0.2, 0.25) is 0 Å². The molecule has 0 spiro atoms. The van der Waals surface area contributed by atoms with E-state index in [1.165, 1.54) is 12.1 Å². The summed E-state index contributed by atoms with van der Waals surface area (Å²) >= 11 is 1.13. The zero-order chi connectivity index (χ0) is 20.9. The van der Waals surface area contributed by atoms with E-state index in [1.54, 1.807) is 41.8 Å². The molecule has 0 radical (unpaired) electrons. The molecule has 6 nitrogen and oxygen atoms in total. The summed E-state index contributed by atoms with van der Waals surface area (Å²) in [5, 5.41) is 4.52. The van der Waals surface area contributed by atoms with Gasteiger partial charge in [-0.15, -0.1) is 11.3 Å². The molecule has 1 aromatic heterocycles. The number of rotatable bonds is 8. The Kier molecular flexibility index (Phi) is 6.56. The van der Waals surface area contributed by atoms with E-state index in [2.05, 4.69) is 10.0 Å². The number of hydrogen-bond acceptors (Lipinski definition) is 5. The van der Waals surface area contributed by atoms with E-state index in [1.807, 2.05) is 26.0 Å². The number of ether oxygens (including phenoxy) is 1. The van der Waals surface area contributed by atoms with Crippen LogP contribution in [0.5, 0.6) is 5.75 Å². The first kappa shape index (κ1) is 20.9. The highest BCUT2D eigenvalue weighted by Crippen LogP contribution is 2.26. The molecule has 152 valence electrons. The topological polar surface area (TPSA) is 84.5 Å². The second kappa shape index (κ2) is 9.11. The molecule has 0 fully saturated rings. The van der Waals surface area contributed by atoms with Gasteiger partial charge in [-0.25, -0.2) is 8.42 Å². The summed E-state index contributed by atoms with van der Waals surface area (Å²) in [6.07, 6.45) is 0. The summed E-state index contributed by atoms with van der Waals surface area (Å²) in [6, 6.07) is 16.7. The second-order valence-corrected chi connectivity index (χ2v) is 9.63. The minimum atomic E-state index is -3.68. The smallest absolute Gasteiger partial charge is 0.271 e. The van der Waals surface area contributed by atoms with Gasteiger partial charge in [-0.05, 0) is 47.7 Å². The number of anilines is 2. The largest absolute Gasteiger partial charge is 0.491 e. The Hall–Kier alpha value is -2.84. The molecule has 0 aliphatic rings. The number of hydrogen-bond donors (Lipinski definition) is 2. The molecule has 0 aliphatic carbocycles. The summed E-state index contributed by atoms with van der Waals surface area (Å²) in [7, 11) is -3.68. The molecule has 0 saturated carbocycles. The molecule has 3 aromatic rings. The summed E-state index contributed by atoms with van der Waals surface area (Å²) in [4.78, 5) is 12.7. The Morgan fingerprint density at radius 3 is 2.59 bits per heavy atom. The Balaban J connectivity index is 1.75. The number of sulfonamides is 1. The van der Waals surface area contributed by atoms with Gasteiger partial charge >= 0.3 is 0 Å². The highest BCUT2D eigenvalue weighted by Gasteiger charge is 2.16. The highest BCUT2D eigenvalue weighted by atomic mass is 32.2. The van der Waals surface area contributed by atoms with Crippen LogP contribution in [-0.4, -0.2) is 20.9 Å². The lowest BCUT2D eigenvalue weighted by Gasteiger charge is -2.14. The molecular formula is C21H22N2O4S2. The van der Waals surface area contributed by atoms with Crippen LogP contribution in [-0.2, 0) is 10.0 Å². The molecule has 29 heavy (non-hydrogen) atoms. The van der Waals surface area contributed by atoms with Crippen molar-refractivity contribution in [1.82, 2.24) is 0 Å². The van der Waals surface area contributed by atoms with Crippen LogP contribution in [0, 0.1) is 5.92 Å². The molecule has 8 heteroatoms. The average molecular weight is 431 g/mol. The first-order valence-electron chi connectivity index (χ1n) is 9.05. The maximum Gasteiger partial charge on any atom is 0.271 e. The van der Waals surface area contributed by atoms with Gasteiger partial charge in [-0.3, -0.25) is 9.52 Å². The van der Waals surface area contributed by atoms with E-state index < -0.39 is 10.0 Å². The van der Waals surface area contributed by atoms with Gasteiger partial charge in [0.25, 0.3) is 15.9 Å². The van der Waals surface area contributed by atoms with Crippen molar-refractivity contribution < 1.29 is 17.9 Å². The van der Waals surface area contributed by atoms with Gasteiger partial charge in [0.2, 0.25) is 0 Å².